The first-order chi connectivity index (χ1) is 15.8. The fourth-order valence-electron chi connectivity index (χ4n) is 2.32. The number of benzene rings is 2. The Morgan fingerprint density at radius 1 is 1.00 bits per heavy atom. The zero-order valence-corrected chi connectivity index (χ0v) is 22.5. The molecule has 0 heterocycles. The maximum atomic E-state index is 13.6. The Labute approximate surface area is 222 Å². The summed E-state index contributed by atoms with van der Waals surface area (Å²) in [6, 6.07) is 6.83. The summed E-state index contributed by atoms with van der Waals surface area (Å²) < 4.78 is 131. The molecule has 35 heavy (non-hydrogen) atoms. The number of alkyl halides is 5. The van der Waals surface area contributed by atoms with Gasteiger partial charge in [-0.15, -0.1) is 0 Å². The molecule has 0 aliphatic rings. The highest BCUT2D eigenvalue weighted by Crippen LogP contribution is 2.39. The van der Waals surface area contributed by atoms with Crippen LogP contribution in [0.5, 0.6) is 5.75 Å². The smallest absolute Gasteiger partial charge is 0.432 e. The van der Waals surface area contributed by atoms with Gasteiger partial charge in [0.1, 0.15) is 4.90 Å². The van der Waals surface area contributed by atoms with Crippen LogP contribution in [0.15, 0.2) is 47.9 Å². The first-order valence-electron chi connectivity index (χ1n) is 8.58. The first kappa shape index (κ1) is 29.6. The fraction of sp³-hybridized carbons (Fsp3) is 0.167. The molecule has 2 rings (SSSR count). The SMILES string of the molecule is C=Cc1ccc(S(=O)(=O)Oc2c(I)cc(C(=O)OC(C(F)(F)F)C(F)(F)S(=O)(=O)[O-])cc2I)cc1. The van der Waals surface area contributed by atoms with E-state index in [2.05, 4.69) is 11.3 Å². The zero-order valence-electron chi connectivity index (χ0n) is 16.6. The summed E-state index contributed by atoms with van der Waals surface area (Å²) in [6.07, 6.45) is -9.24. The number of carbonyl (C=O) groups excluding carboxylic acids is 1. The quantitative estimate of drug-likeness (QED) is 0.126. The normalized spacial score (nSPS) is 13.7. The Bertz CT molecular complexity index is 1340. The average Bonchev–Trinajstić information content (AvgIpc) is 2.72. The van der Waals surface area contributed by atoms with Gasteiger partial charge in [-0.2, -0.15) is 30.4 Å². The van der Waals surface area contributed by atoms with Crippen molar-refractivity contribution in [2.75, 3.05) is 0 Å². The molecule has 17 heteroatoms. The predicted molar refractivity (Wildman–Crippen MR) is 126 cm³/mol. The first-order valence-corrected chi connectivity index (χ1v) is 13.6. The lowest BCUT2D eigenvalue weighted by molar-refractivity contribution is -0.248. The van der Waals surface area contributed by atoms with E-state index in [4.69, 9.17) is 4.18 Å². The van der Waals surface area contributed by atoms with Crippen molar-refractivity contribution in [3.05, 3.63) is 61.2 Å². The maximum Gasteiger partial charge on any atom is 0.432 e. The highest BCUT2D eigenvalue weighted by atomic mass is 127. The van der Waals surface area contributed by atoms with Crippen LogP contribution in [0, 0.1) is 7.14 Å². The molecule has 2 aromatic carbocycles. The van der Waals surface area contributed by atoms with Crippen molar-refractivity contribution in [1.29, 1.82) is 0 Å². The van der Waals surface area contributed by atoms with Gasteiger partial charge in [0.2, 0.25) is 0 Å². The molecule has 0 saturated carbocycles. The second kappa shape index (κ2) is 10.4. The van der Waals surface area contributed by atoms with Crippen LogP contribution in [0.3, 0.4) is 0 Å². The topological polar surface area (TPSA) is 127 Å². The zero-order chi connectivity index (χ0) is 27.0. The highest BCUT2D eigenvalue weighted by molar-refractivity contribution is 14.1. The van der Waals surface area contributed by atoms with E-state index in [-0.39, 0.29) is 17.8 Å². The Kier molecular flexibility index (Phi) is 8.83. The van der Waals surface area contributed by atoms with Crippen molar-refractivity contribution in [2.45, 2.75) is 22.4 Å². The molecule has 2 aromatic rings. The number of hydrogen-bond donors (Lipinski definition) is 0. The van der Waals surface area contributed by atoms with Crippen LogP contribution in [0.1, 0.15) is 15.9 Å². The monoisotopic (exact) mass is 767 g/mol. The lowest BCUT2D eigenvalue weighted by Gasteiger charge is -2.29. The third-order valence-corrected chi connectivity index (χ3v) is 7.71. The van der Waals surface area contributed by atoms with E-state index in [0.29, 0.717) is 5.56 Å². The number of hydrogen-bond acceptors (Lipinski definition) is 8. The van der Waals surface area contributed by atoms with Gasteiger partial charge in [-0.3, -0.25) is 0 Å². The molecule has 192 valence electrons. The maximum absolute atomic E-state index is 13.6. The van der Waals surface area contributed by atoms with Crippen LogP contribution in [0.4, 0.5) is 22.0 Å². The Hall–Kier alpha value is -1.58. The molecule has 1 atom stereocenters. The van der Waals surface area contributed by atoms with E-state index in [9.17, 15) is 48.1 Å². The molecule has 0 aromatic heterocycles. The second-order valence-corrected chi connectivity index (χ2v) is 11.7. The summed E-state index contributed by atoms with van der Waals surface area (Å²) in [6.45, 7) is 3.52. The molecule has 1 unspecified atom stereocenters. The molecule has 0 radical (unpaired) electrons. The highest BCUT2D eigenvalue weighted by Gasteiger charge is 2.63. The molecule has 0 spiro atoms. The van der Waals surface area contributed by atoms with E-state index in [1.807, 2.05) is 0 Å². The van der Waals surface area contributed by atoms with Crippen molar-refractivity contribution in [2.24, 2.45) is 0 Å². The minimum absolute atomic E-state index is 0.153. The molecule has 0 N–H and O–H groups in total. The third kappa shape index (κ3) is 6.80. The molecule has 0 saturated heterocycles. The van der Waals surface area contributed by atoms with E-state index in [0.717, 1.165) is 12.1 Å². The van der Waals surface area contributed by atoms with Gasteiger partial charge in [0, 0.05) is 0 Å². The Morgan fingerprint density at radius 2 is 1.49 bits per heavy atom. The lowest BCUT2D eigenvalue weighted by Crippen LogP contribution is -2.52. The molecular formula is C18H10F5I2O8S2-. The van der Waals surface area contributed by atoms with Crippen molar-refractivity contribution < 1.29 is 57.1 Å². The second-order valence-electron chi connectivity index (χ2n) is 6.42. The number of halogens is 7. The molecule has 8 nitrogen and oxygen atoms in total. The van der Waals surface area contributed by atoms with E-state index in [1.54, 1.807) is 0 Å². The van der Waals surface area contributed by atoms with Gasteiger partial charge in [0.05, 0.1) is 12.7 Å². The van der Waals surface area contributed by atoms with Gasteiger partial charge >= 0.3 is 27.5 Å². The molecule has 0 amide bonds. The molecule has 0 aliphatic carbocycles. The van der Waals surface area contributed by atoms with E-state index < -0.39 is 49.3 Å². The van der Waals surface area contributed by atoms with Crippen LogP contribution < -0.4 is 4.18 Å². The van der Waals surface area contributed by atoms with Crippen LogP contribution in [0.25, 0.3) is 6.08 Å². The van der Waals surface area contributed by atoms with Gasteiger partial charge < -0.3 is 13.5 Å². The van der Waals surface area contributed by atoms with Crippen LogP contribution in [-0.2, 0) is 25.0 Å². The van der Waals surface area contributed by atoms with Gasteiger partial charge in [-0.1, -0.05) is 24.8 Å². The van der Waals surface area contributed by atoms with Gasteiger partial charge in [-0.25, -0.2) is 13.2 Å². The van der Waals surface area contributed by atoms with Gasteiger partial charge in [-0.05, 0) is 75.0 Å². The summed E-state index contributed by atoms with van der Waals surface area (Å²) in [4.78, 5) is 11.9. The molecular weight excluding hydrogens is 757 g/mol. The van der Waals surface area contributed by atoms with Crippen molar-refractivity contribution in [3.63, 3.8) is 0 Å². The lowest BCUT2D eigenvalue weighted by atomic mass is 10.2. The summed E-state index contributed by atoms with van der Waals surface area (Å²) in [5.74, 6) is -2.39. The number of rotatable bonds is 8. The van der Waals surface area contributed by atoms with Crippen LogP contribution in [0.2, 0.25) is 0 Å². The minimum atomic E-state index is -6.86. The van der Waals surface area contributed by atoms with Crippen LogP contribution in [-0.4, -0.2) is 44.9 Å². The van der Waals surface area contributed by atoms with Crippen LogP contribution >= 0.6 is 45.2 Å². The molecule has 0 bridgehead atoms. The largest absolute Gasteiger partial charge is 0.743 e. The Balaban J connectivity index is 2.39. The van der Waals surface area contributed by atoms with E-state index in [1.165, 1.54) is 75.5 Å². The van der Waals surface area contributed by atoms with E-state index >= 15 is 0 Å². The fourth-order valence-corrected chi connectivity index (χ4v) is 6.01. The third-order valence-electron chi connectivity index (χ3n) is 3.99. The molecule has 0 aliphatic heterocycles. The average molecular weight is 767 g/mol. The summed E-state index contributed by atoms with van der Waals surface area (Å²) >= 11 is 2.93. The summed E-state index contributed by atoms with van der Waals surface area (Å²) in [5, 5.41) is -6.01. The van der Waals surface area contributed by atoms with Gasteiger partial charge in [0.15, 0.2) is 15.9 Å². The Morgan fingerprint density at radius 3 is 1.89 bits per heavy atom. The minimum Gasteiger partial charge on any atom is -0.743 e. The number of ether oxygens (including phenoxy) is 1. The number of esters is 1. The van der Waals surface area contributed by atoms with Crippen molar-refractivity contribution in [1.82, 2.24) is 0 Å². The molecule has 0 fully saturated rings. The number of carbonyl (C=O) groups is 1. The van der Waals surface area contributed by atoms with Crippen molar-refractivity contribution >= 4 is 77.5 Å². The predicted octanol–water partition coefficient (Wildman–Crippen LogP) is 4.53. The van der Waals surface area contributed by atoms with Gasteiger partial charge in [0.25, 0.3) is 6.10 Å². The van der Waals surface area contributed by atoms with Crippen molar-refractivity contribution in [3.8, 4) is 5.75 Å². The summed E-state index contributed by atoms with van der Waals surface area (Å²) in [7, 11) is -11.3. The summed E-state index contributed by atoms with van der Waals surface area (Å²) in [5.41, 5.74) is -0.171. The standard InChI is InChI=1S/C18H11F5I2O8S2/c1-2-9-3-5-11(6-4-9)34(27,28)33-14-12(24)7-10(8-13(14)25)15(26)32-16(17(19,20)21)18(22,23)35(29,30)31/h2-8,16H,1H2,(H,29,30,31)/p-1.